The molecule has 1 saturated heterocycles. The van der Waals surface area contributed by atoms with Crippen molar-refractivity contribution in [2.24, 2.45) is 0 Å². The molecule has 0 bridgehead atoms. The van der Waals surface area contributed by atoms with Crippen LogP contribution in [-0.4, -0.2) is 23.4 Å². The Balaban J connectivity index is 2.21. The summed E-state index contributed by atoms with van der Waals surface area (Å²) in [7, 11) is 0. The molecule has 1 aromatic carbocycles. The van der Waals surface area contributed by atoms with Gasteiger partial charge in [0, 0.05) is 18.2 Å². The second kappa shape index (κ2) is 4.96. The number of benzene rings is 1. The summed E-state index contributed by atoms with van der Waals surface area (Å²) in [5, 5.41) is 0.494. The number of amides is 1. The predicted molar refractivity (Wildman–Crippen MR) is 70.2 cm³/mol. The fraction of sp³-hybridized carbons (Fsp3) is 0.462. The molecule has 92 valence electrons. The van der Waals surface area contributed by atoms with E-state index in [1.807, 2.05) is 4.90 Å². The maximum Gasteiger partial charge on any atom is 0.254 e. The molecule has 1 aliphatic rings. The number of carbonyl (C=O) groups is 1. The van der Waals surface area contributed by atoms with E-state index in [0.717, 1.165) is 19.4 Å². The number of hydrogen-bond donors (Lipinski definition) is 1. The van der Waals surface area contributed by atoms with Crippen LogP contribution < -0.4 is 5.73 Å². The van der Waals surface area contributed by atoms with Crippen LogP contribution in [0.15, 0.2) is 18.2 Å². The standard InChI is InChI=1S/C13H17ClN2O/c1-9-4-2-3-7-16(9)13(17)10-5-6-11(14)12(15)8-10/h5-6,8-9H,2-4,7,15H2,1H3/t9-/m1/s1. The van der Waals surface area contributed by atoms with Crippen LogP contribution in [0.4, 0.5) is 5.69 Å². The summed E-state index contributed by atoms with van der Waals surface area (Å²) in [4.78, 5) is 14.2. The second-order valence-electron chi connectivity index (χ2n) is 4.58. The molecule has 0 spiro atoms. The maximum atomic E-state index is 12.3. The molecule has 1 aromatic rings. The van der Waals surface area contributed by atoms with E-state index in [4.69, 9.17) is 17.3 Å². The average Bonchev–Trinajstić information content (AvgIpc) is 2.32. The van der Waals surface area contributed by atoms with Crippen molar-refractivity contribution in [1.82, 2.24) is 4.90 Å². The van der Waals surface area contributed by atoms with Crippen molar-refractivity contribution >= 4 is 23.2 Å². The smallest absolute Gasteiger partial charge is 0.254 e. The quantitative estimate of drug-likeness (QED) is 0.781. The second-order valence-corrected chi connectivity index (χ2v) is 4.99. The molecule has 2 rings (SSSR count). The zero-order valence-corrected chi connectivity index (χ0v) is 10.7. The third-order valence-corrected chi connectivity index (χ3v) is 3.65. The summed E-state index contributed by atoms with van der Waals surface area (Å²) in [5.74, 6) is 0.0561. The third-order valence-electron chi connectivity index (χ3n) is 3.31. The van der Waals surface area contributed by atoms with Crippen molar-refractivity contribution < 1.29 is 4.79 Å². The molecule has 1 aliphatic heterocycles. The van der Waals surface area contributed by atoms with Crippen molar-refractivity contribution in [3.63, 3.8) is 0 Å². The molecular formula is C13H17ClN2O. The van der Waals surface area contributed by atoms with Gasteiger partial charge in [-0.05, 0) is 44.4 Å². The Morgan fingerprint density at radius 2 is 2.24 bits per heavy atom. The fourth-order valence-corrected chi connectivity index (χ4v) is 2.36. The molecule has 0 aromatic heterocycles. The van der Waals surface area contributed by atoms with Crippen molar-refractivity contribution in [2.75, 3.05) is 12.3 Å². The average molecular weight is 253 g/mol. The highest BCUT2D eigenvalue weighted by Crippen LogP contribution is 2.23. The van der Waals surface area contributed by atoms with Crippen LogP contribution in [0.5, 0.6) is 0 Å². The number of rotatable bonds is 1. The van der Waals surface area contributed by atoms with Gasteiger partial charge in [-0.3, -0.25) is 4.79 Å². The van der Waals surface area contributed by atoms with Crippen LogP contribution in [-0.2, 0) is 0 Å². The summed E-state index contributed by atoms with van der Waals surface area (Å²) in [5.41, 5.74) is 6.81. The number of hydrogen-bond acceptors (Lipinski definition) is 2. The van der Waals surface area contributed by atoms with Gasteiger partial charge in [0.1, 0.15) is 0 Å². The first-order chi connectivity index (χ1) is 8.09. The van der Waals surface area contributed by atoms with E-state index in [1.54, 1.807) is 18.2 Å². The van der Waals surface area contributed by atoms with Gasteiger partial charge in [0.15, 0.2) is 0 Å². The third kappa shape index (κ3) is 2.55. The van der Waals surface area contributed by atoms with Gasteiger partial charge in [0.05, 0.1) is 10.7 Å². The van der Waals surface area contributed by atoms with Crippen LogP contribution in [0.2, 0.25) is 5.02 Å². The van der Waals surface area contributed by atoms with Crippen LogP contribution in [0.1, 0.15) is 36.5 Å². The first kappa shape index (κ1) is 12.2. The normalized spacial score (nSPS) is 20.4. The first-order valence-corrected chi connectivity index (χ1v) is 6.33. The van der Waals surface area contributed by atoms with Gasteiger partial charge in [-0.2, -0.15) is 0 Å². The number of nitrogen functional groups attached to an aromatic ring is 1. The summed E-state index contributed by atoms with van der Waals surface area (Å²) in [6.07, 6.45) is 3.36. The highest BCUT2D eigenvalue weighted by Gasteiger charge is 2.24. The SMILES string of the molecule is C[C@@H]1CCCCN1C(=O)c1ccc(Cl)c(N)c1. The number of halogens is 1. The molecule has 0 radical (unpaired) electrons. The summed E-state index contributed by atoms with van der Waals surface area (Å²) >= 11 is 5.85. The predicted octanol–water partition coefficient (Wildman–Crippen LogP) is 2.94. The van der Waals surface area contributed by atoms with E-state index in [0.29, 0.717) is 22.3 Å². The number of nitrogens with zero attached hydrogens (tertiary/aromatic N) is 1. The Labute approximate surface area is 107 Å². The van der Waals surface area contributed by atoms with Crippen LogP contribution in [0.25, 0.3) is 0 Å². The van der Waals surface area contributed by atoms with Crippen molar-refractivity contribution in [3.05, 3.63) is 28.8 Å². The lowest BCUT2D eigenvalue weighted by molar-refractivity contribution is 0.0635. The van der Waals surface area contributed by atoms with Crippen LogP contribution in [0.3, 0.4) is 0 Å². The maximum absolute atomic E-state index is 12.3. The van der Waals surface area contributed by atoms with Crippen molar-refractivity contribution in [3.8, 4) is 0 Å². The summed E-state index contributed by atoms with van der Waals surface area (Å²) in [6.45, 7) is 2.93. The minimum absolute atomic E-state index is 0.0561. The highest BCUT2D eigenvalue weighted by atomic mass is 35.5. The minimum atomic E-state index is 0.0561. The fourth-order valence-electron chi connectivity index (χ4n) is 2.24. The van der Waals surface area contributed by atoms with Gasteiger partial charge in [0.25, 0.3) is 5.91 Å². The Hall–Kier alpha value is -1.22. The molecule has 0 saturated carbocycles. The van der Waals surface area contributed by atoms with E-state index in [1.165, 1.54) is 6.42 Å². The van der Waals surface area contributed by atoms with Gasteiger partial charge in [-0.1, -0.05) is 11.6 Å². The molecule has 0 unspecified atom stereocenters. The van der Waals surface area contributed by atoms with Crippen molar-refractivity contribution in [2.45, 2.75) is 32.2 Å². The summed E-state index contributed by atoms with van der Waals surface area (Å²) in [6, 6.07) is 5.39. The van der Waals surface area contributed by atoms with Gasteiger partial charge in [0.2, 0.25) is 0 Å². The van der Waals surface area contributed by atoms with Crippen molar-refractivity contribution in [1.29, 1.82) is 0 Å². The lowest BCUT2D eigenvalue weighted by Gasteiger charge is -2.33. The van der Waals surface area contributed by atoms with Gasteiger partial charge >= 0.3 is 0 Å². The molecule has 1 atom stereocenters. The van der Waals surface area contributed by atoms with E-state index in [9.17, 15) is 4.79 Å². The molecule has 17 heavy (non-hydrogen) atoms. The molecular weight excluding hydrogens is 236 g/mol. The first-order valence-electron chi connectivity index (χ1n) is 5.95. The topological polar surface area (TPSA) is 46.3 Å². The zero-order valence-electron chi connectivity index (χ0n) is 9.95. The Kier molecular flexibility index (Phi) is 3.57. The Morgan fingerprint density at radius 3 is 2.88 bits per heavy atom. The molecule has 1 amide bonds. The minimum Gasteiger partial charge on any atom is -0.398 e. The van der Waals surface area contributed by atoms with Gasteiger partial charge in [-0.15, -0.1) is 0 Å². The van der Waals surface area contributed by atoms with E-state index >= 15 is 0 Å². The molecule has 4 heteroatoms. The Morgan fingerprint density at radius 1 is 1.47 bits per heavy atom. The van der Waals surface area contributed by atoms with Gasteiger partial charge < -0.3 is 10.6 Å². The van der Waals surface area contributed by atoms with E-state index < -0.39 is 0 Å². The lowest BCUT2D eigenvalue weighted by atomic mass is 10.0. The number of piperidine rings is 1. The highest BCUT2D eigenvalue weighted by molar-refractivity contribution is 6.33. The molecule has 3 nitrogen and oxygen atoms in total. The molecule has 1 heterocycles. The number of likely N-dealkylation sites (tertiary alicyclic amines) is 1. The van der Waals surface area contributed by atoms with Gasteiger partial charge in [-0.25, -0.2) is 0 Å². The Bertz CT molecular complexity index is 433. The number of carbonyl (C=O) groups excluding carboxylic acids is 1. The van der Waals surface area contributed by atoms with E-state index in [-0.39, 0.29) is 5.91 Å². The summed E-state index contributed by atoms with van der Waals surface area (Å²) < 4.78 is 0. The largest absolute Gasteiger partial charge is 0.398 e. The lowest BCUT2D eigenvalue weighted by Crippen LogP contribution is -2.42. The molecule has 2 N–H and O–H groups in total. The number of nitrogens with two attached hydrogens (primary N) is 1. The van der Waals surface area contributed by atoms with Crippen LogP contribution in [0, 0.1) is 0 Å². The van der Waals surface area contributed by atoms with Crippen LogP contribution >= 0.6 is 11.6 Å². The van der Waals surface area contributed by atoms with E-state index in [2.05, 4.69) is 6.92 Å². The monoisotopic (exact) mass is 252 g/mol. The molecule has 0 aliphatic carbocycles. The number of anilines is 1. The zero-order chi connectivity index (χ0) is 12.4. The molecule has 1 fully saturated rings.